The largest absolute Gasteiger partial charge is 0.489 e. The number of fused-ring (bicyclic) bond motifs is 1. The molecule has 0 amide bonds. The summed E-state index contributed by atoms with van der Waals surface area (Å²) in [5.41, 5.74) is 2.55. The first-order valence-electron chi connectivity index (χ1n) is 6.92. The summed E-state index contributed by atoms with van der Waals surface area (Å²) < 4.78 is 19.3. The Morgan fingerprint density at radius 3 is 2.85 bits per heavy atom. The molecule has 2 aromatic rings. The fourth-order valence-corrected chi connectivity index (χ4v) is 2.70. The normalized spacial score (nSPS) is 17.6. The van der Waals surface area contributed by atoms with E-state index >= 15 is 0 Å². The number of halogens is 1. The molecule has 2 aromatic carbocycles. The number of rotatable bonds is 3. The Bertz CT molecular complexity index is 610. The molecule has 3 rings (SSSR count). The van der Waals surface area contributed by atoms with Crippen LogP contribution in [0.25, 0.3) is 0 Å². The summed E-state index contributed by atoms with van der Waals surface area (Å²) in [7, 11) is 0. The van der Waals surface area contributed by atoms with Crippen LogP contribution in [-0.4, -0.2) is 5.11 Å². The lowest BCUT2D eigenvalue weighted by molar-refractivity contribution is 0.155. The smallest absolute Gasteiger partial charge is 0.129 e. The van der Waals surface area contributed by atoms with Crippen molar-refractivity contribution in [2.24, 2.45) is 0 Å². The Kier molecular flexibility index (Phi) is 3.70. The quantitative estimate of drug-likeness (QED) is 0.921. The zero-order valence-corrected chi connectivity index (χ0v) is 11.2. The molecule has 1 aliphatic carbocycles. The van der Waals surface area contributed by atoms with Gasteiger partial charge in [0.2, 0.25) is 0 Å². The van der Waals surface area contributed by atoms with Gasteiger partial charge in [0, 0.05) is 5.56 Å². The van der Waals surface area contributed by atoms with Crippen LogP contribution >= 0.6 is 0 Å². The number of aliphatic hydroxyl groups is 1. The van der Waals surface area contributed by atoms with E-state index in [1.54, 1.807) is 18.2 Å². The number of aliphatic hydroxyl groups excluding tert-OH is 1. The molecule has 20 heavy (non-hydrogen) atoms. The molecule has 0 aromatic heterocycles. The SMILES string of the molecule is OC1CCCc2c(OCc3ccccc3F)cccc21. The molecule has 1 atom stereocenters. The number of ether oxygens (including phenoxy) is 1. The lowest BCUT2D eigenvalue weighted by Gasteiger charge is -2.23. The topological polar surface area (TPSA) is 29.5 Å². The monoisotopic (exact) mass is 272 g/mol. The maximum atomic E-state index is 13.6. The van der Waals surface area contributed by atoms with Crippen LogP contribution in [0, 0.1) is 5.82 Å². The predicted molar refractivity (Wildman–Crippen MR) is 75.1 cm³/mol. The van der Waals surface area contributed by atoms with Crippen molar-refractivity contribution in [2.75, 3.05) is 0 Å². The highest BCUT2D eigenvalue weighted by molar-refractivity contribution is 5.43. The Hall–Kier alpha value is -1.87. The Labute approximate surface area is 117 Å². The van der Waals surface area contributed by atoms with Gasteiger partial charge in [-0.05, 0) is 42.5 Å². The standard InChI is InChI=1S/C17H17FO2/c18-15-8-2-1-5-12(15)11-20-17-10-4-6-13-14(17)7-3-9-16(13)19/h1-2,4-6,8,10,16,19H,3,7,9,11H2. The average Bonchev–Trinajstić information content (AvgIpc) is 2.47. The van der Waals surface area contributed by atoms with E-state index in [9.17, 15) is 9.50 Å². The van der Waals surface area contributed by atoms with Crippen LogP contribution in [-0.2, 0) is 13.0 Å². The number of hydrogen-bond acceptors (Lipinski definition) is 2. The molecule has 0 saturated carbocycles. The van der Waals surface area contributed by atoms with Gasteiger partial charge in [0.1, 0.15) is 18.2 Å². The molecule has 0 bridgehead atoms. The fraction of sp³-hybridized carbons (Fsp3) is 0.294. The summed E-state index contributed by atoms with van der Waals surface area (Å²) >= 11 is 0. The van der Waals surface area contributed by atoms with Crippen molar-refractivity contribution in [2.45, 2.75) is 32.0 Å². The molecule has 0 aliphatic heterocycles. The van der Waals surface area contributed by atoms with E-state index < -0.39 is 6.10 Å². The van der Waals surface area contributed by atoms with E-state index in [4.69, 9.17) is 4.74 Å². The van der Waals surface area contributed by atoms with Gasteiger partial charge in [-0.3, -0.25) is 0 Å². The van der Waals surface area contributed by atoms with Crippen molar-refractivity contribution >= 4 is 0 Å². The van der Waals surface area contributed by atoms with Crippen LogP contribution in [0.3, 0.4) is 0 Å². The third-order valence-corrected chi connectivity index (χ3v) is 3.77. The molecular formula is C17H17FO2. The molecule has 0 fully saturated rings. The number of hydrogen-bond donors (Lipinski definition) is 1. The van der Waals surface area contributed by atoms with E-state index in [-0.39, 0.29) is 12.4 Å². The maximum absolute atomic E-state index is 13.6. The summed E-state index contributed by atoms with van der Waals surface area (Å²) in [5, 5.41) is 10.00. The van der Waals surface area contributed by atoms with Crippen molar-refractivity contribution in [1.82, 2.24) is 0 Å². The van der Waals surface area contributed by atoms with Gasteiger partial charge in [0.15, 0.2) is 0 Å². The van der Waals surface area contributed by atoms with Crippen LogP contribution in [0.4, 0.5) is 4.39 Å². The first-order chi connectivity index (χ1) is 9.75. The second-order valence-corrected chi connectivity index (χ2v) is 5.11. The second kappa shape index (κ2) is 5.63. The van der Waals surface area contributed by atoms with Crippen molar-refractivity contribution in [3.05, 3.63) is 65.0 Å². The minimum Gasteiger partial charge on any atom is -0.489 e. The lowest BCUT2D eigenvalue weighted by Crippen LogP contribution is -2.11. The van der Waals surface area contributed by atoms with Gasteiger partial charge in [-0.15, -0.1) is 0 Å². The second-order valence-electron chi connectivity index (χ2n) is 5.11. The average molecular weight is 272 g/mol. The third kappa shape index (κ3) is 2.54. The van der Waals surface area contributed by atoms with Gasteiger partial charge in [-0.1, -0.05) is 30.3 Å². The van der Waals surface area contributed by atoms with Crippen LogP contribution in [0.2, 0.25) is 0 Å². The highest BCUT2D eigenvalue weighted by atomic mass is 19.1. The van der Waals surface area contributed by atoms with Gasteiger partial charge in [-0.2, -0.15) is 0 Å². The van der Waals surface area contributed by atoms with E-state index in [1.807, 2.05) is 18.2 Å². The predicted octanol–water partition coefficient (Wildman–Crippen LogP) is 3.77. The van der Waals surface area contributed by atoms with Gasteiger partial charge >= 0.3 is 0 Å². The Balaban J connectivity index is 1.82. The van der Waals surface area contributed by atoms with Crippen molar-refractivity contribution in [1.29, 1.82) is 0 Å². The summed E-state index contributed by atoms with van der Waals surface area (Å²) in [6, 6.07) is 12.3. The maximum Gasteiger partial charge on any atom is 0.129 e. The summed E-state index contributed by atoms with van der Waals surface area (Å²) in [6.07, 6.45) is 2.24. The Morgan fingerprint density at radius 1 is 1.15 bits per heavy atom. The lowest BCUT2D eigenvalue weighted by atomic mass is 9.89. The summed E-state index contributed by atoms with van der Waals surface area (Å²) in [5.74, 6) is 0.502. The van der Waals surface area contributed by atoms with E-state index in [0.717, 1.165) is 36.1 Å². The van der Waals surface area contributed by atoms with Gasteiger partial charge in [0.25, 0.3) is 0 Å². The van der Waals surface area contributed by atoms with Crippen LogP contribution < -0.4 is 4.74 Å². The molecule has 0 radical (unpaired) electrons. The molecule has 0 spiro atoms. The van der Waals surface area contributed by atoms with E-state index in [2.05, 4.69) is 0 Å². The molecule has 1 aliphatic rings. The minimum absolute atomic E-state index is 0.208. The van der Waals surface area contributed by atoms with E-state index in [1.165, 1.54) is 6.07 Å². The molecule has 1 unspecified atom stereocenters. The van der Waals surface area contributed by atoms with Crippen LogP contribution in [0.5, 0.6) is 5.75 Å². The first kappa shape index (κ1) is 13.1. The van der Waals surface area contributed by atoms with Crippen molar-refractivity contribution in [3.8, 4) is 5.75 Å². The van der Waals surface area contributed by atoms with Gasteiger partial charge in [-0.25, -0.2) is 4.39 Å². The first-order valence-corrected chi connectivity index (χ1v) is 6.92. The van der Waals surface area contributed by atoms with E-state index in [0.29, 0.717) is 5.56 Å². The summed E-state index contributed by atoms with van der Waals surface area (Å²) in [4.78, 5) is 0. The third-order valence-electron chi connectivity index (χ3n) is 3.77. The van der Waals surface area contributed by atoms with Crippen LogP contribution in [0.15, 0.2) is 42.5 Å². The number of benzene rings is 2. The van der Waals surface area contributed by atoms with Crippen molar-refractivity contribution in [3.63, 3.8) is 0 Å². The minimum atomic E-state index is -0.407. The molecule has 3 heteroatoms. The van der Waals surface area contributed by atoms with Crippen LogP contribution in [0.1, 0.15) is 35.6 Å². The molecule has 0 saturated heterocycles. The highest BCUT2D eigenvalue weighted by Crippen LogP contribution is 2.35. The Morgan fingerprint density at radius 2 is 2.00 bits per heavy atom. The zero-order valence-electron chi connectivity index (χ0n) is 11.2. The van der Waals surface area contributed by atoms with Gasteiger partial charge < -0.3 is 9.84 Å². The molecule has 1 N–H and O–H groups in total. The summed E-state index contributed by atoms with van der Waals surface area (Å²) in [6.45, 7) is 0.208. The fourth-order valence-electron chi connectivity index (χ4n) is 2.70. The highest BCUT2D eigenvalue weighted by Gasteiger charge is 2.20. The molecule has 104 valence electrons. The van der Waals surface area contributed by atoms with Gasteiger partial charge in [0.05, 0.1) is 6.10 Å². The molecule has 2 nitrogen and oxygen atoms in total. The molecular weight excluding hydrogens is 255 g/mol. The molecule has 0 heterocycles. The zero-order chi connectivity index (χ0) is 13.9. The van der Waals surface area contributed by atoms with Crippen molar-refractivity contribution < 1.29 is 14.2 Å².